The van der Waals surface area contributed by atoms with E-state index in [4.69, 9.17) is 9.84 Å². The smallest absolute Gasteiger partial charge is 0.407 e. The molecule has 0 bridgehead atoms. The van der Waals surface area contributed by atoms with Crippen LogP contribution in [0.5, 0.6) is 5.88 Å². The third-order valence-corrected chi connectivity index (χ3v) is 6.15. The molecule has 1 amide bonds. The quantitative estimate of drug-likeness (QED) is 0.366. The van der Waals surface area contributed by atoms with Gasteiger partial charge in [0.05, 0.1) is 13.7 Å². The van der Waals surface area contributed by atoms with Crippen molar-refractivity contribution in [2.45, 2.75) is 6.54 Å². The maximum Gasteiger partial charge on any atom is 0.407 e. The summed E-state index contributed by atoms with van der Waals surface area (Å²) in [6, 6.07) is 13.0. The van der Waals surface area contributed by atoms with Crippen molar-refractivity contribution in [3.8, 4) is 11.7 Å². The van der Waals surface area contributed by atoms with Crippen LogP contribution in [0.15, 0.2) is 66.1 Å². The number of carbonyl (C=O) groups is 1. The Hall–Kier alpha value is -4.87. The SMILES string of the molecule is C=CCn1c(=O)c2cnc(Nc3ccc(N4CCN(C(=O)O)CC4)cc3)nc2n1-c1cccc(OC)n1. The second-order valence-electron chi connectivity index (χ2n) is 8.39. The molecule has 12 nitrogen and oxygen atoms in total. The summed E-state index contributed by atoms with van der Waals surface area (Å²) >= 11 is 0. The maximum absolute atomic E-state index is 13.1. The lowest BCUT2D eigenvalue weighted by molar-refractivity contribution is 0.142. The summed E-state index contributed by atoms with van der Waals surface area (Å²) < 4.78 is 8.39. The van der Waals surface area contributed by atoms with Crippen LogP contribution in [0.25, 0.3) is 16.9 Å². The summed E-state index contributed by atoms with van der Waals surface area (Å²) in [4.78, 5) is 41.2. The van der Waals surface area contributed by atoms with Crippen molar-refractivity contribution in [1.29, 1.82) is 0 Å². The van der Waals surface area contributed by atoms with Crippen LogP contribution in [-0.2, 0) is 6.54 Å². The number of amides is 1. The molecule has 0 radical (unpaired) electrons. The summed E-state index contributed by atoms with van der Waals surface area (Å²) in [6.45, 7) is 6.24. The number of rotatable bonds is 7. The van der Waals surface area contributed by atoms with E-state index in [2.05, 4.69) is 31.7 Å². The molecule has 1 aliphatic heterocycles. The Kier molecular flexibility index (Phi) is 6.45. The van der Waals surface area contributed by atoms with Gasteiger partial charge in [-0.3, -0.25) is 4.79 Å². The van der Waals surface area contributed by atoms with E-state index in [-0.39, 0.29) is 12.1 Å². The molecular formula is C25H26N8O4. The van der Waals surface area contributed by atoms with E-state index in [1.165, 1.54) is 22.9 Å². The van der Waals surface area contributed by atoms with Crippen molar-refractivity contribution in [2.75, 3.05) is 43.5 Å². The van der Waals surface area contributed by atoms with Gasteiger partial charge in [0, 0.05) is 49.8 Å². The molecule has 0 aliphatic carbocycles. The molecule has 0 unspecified atom stereocenters. The Balaban J connectivity index is 1.43. The van der Waals surface area contributed by atoms with Gasteiger partial charge < -0.3 is 25.0 Å². The van der Waals surface area contributed by atoms with Gasteiger partial charge in [-0.15, -0.1) is 6.58 Å². The first kappa shape index (κ1) is 23.9. The van der Waals surface area contributed by atoms with Gasteiger partial charge in [-0.25, -0.2) is 19.1 Å². The molecule has 190 valence electrons. The lowest BCUT2D eigenvalue weighted by atomic mass is 10.2. The van der Waals surface area contributed by atoms with Crippen LogP contribution in [0.3, 0.4) is 0 Å². The number of methoxy groups -OCH3 is 1. The molecule has 37 heavy (non-hydrogen) atoms. The summed E-state index contributed by atoms with van der Waals surface area (Å²) in [5.74, 6) is 1.21. The van der Waals surface area contributed by atoms with E-state index in [0.717, 1.165) is 11.4 Å². The summed E-state index contributed by atoms with van der Waals surface area (Å²) in [5, 5.41) is 12.7. The number of hydrogen-bond donors (Lipinski definition) is 2. The molecule has 12 heteroatoms. The van der Waals surface area contributed by atoms with E-state index in [0.29, 0.717) is 54.9 Å². The molecule has 1 aromatic carbocycles. The number of carboxylic acid groups (broad SMARTS) is 1. The van der Waals surface area contributed by atoms with E-state index in [1.54, 1.807) is 29.0 Å². The topological polar surface area (TPSA) is 131 Å². The first-order chi connectivity index (χ1) is 18.0. The molecular weight excluding hydrogens is 476 g/mol. The Morgan fingerprint density at radius 3 is 2.57 bits per heavy atom. The zero-order valence-electron chi connectivity index (χ0n) is 20.2. The summed E-state index contributed by atoms with van der Waals surface area (Å²) in [7, 11) is 1.53. The number of ether oxygens (including phenoxy) is 1. The van der Waals surface area contributed by atoms with Crippen molar-refractivity contribution >= 4 is 34.4 Å². The van der Waals surface area contributed by atoms with Crippen molar-refractivity contribution in [1.82, 2.24) is 29.2 Å². The maximum atomic E-state index is 13.1. The van der Waals surface area contributed by atoms with Gasteiger partial charge in [-0.1, -0.05) is 12.1 Å². The highest BCUT2D eigenvalue weighted by Crippen LogP contribution is 2.23. The fourth-order valence-corrected chi connectivity index (χ4v) is 4.28. The number of allylic oxidation sites excluding steroid dienone is 1. The molecule has 1 aliphatic rings. The number of nitrogens with one attached hydrogen (secondary N) is 1. The molecule has 0 saturated carbocycles. The third kappa shape index (κ3) is 4.68. The fourth-order valence-electron chi connectivity index (χ4n) is 4.28. The first-order valence-electron chi connectivity index (χ1n) is 11.7. The molecule has 0 spiro atoms. The van der Waals surface area contributed by atoms with Crippen molar-refractivity contribution < 1.29 is 14.6 Å². The standard InChI is InChI=1S/C25H26N8O4/c1-3-11-32-23(34)19-16-26-24(29-22(19)33(32)20-5-4-6-21(28-20)37-2)27-17-7-9-18(10-8-17)30-12-14-31(15-13-30)25(35)36/h3-10,16H,1,11-15H2,2H3,(H,35,36)(H,26,27,29). The average molecular weight is 503 g/mol. The van der Waals surface area contributed by atoms with Crippen LogP contribution in [0.2, 0.25) is 0 Å². The van der Waals surface area contributed by atoms with Gasteiger partial charge in [0.15, 0.2) is 11.5 Å². The molecule has 1 saturated heterocycles. The Labute approximate surface area is 212 Å². The second kappa shape index (κ2) is 10.0. The Morgan fingerprint density at radius 2 is 1.89 bits per heavy atom. The molecule has 0 atom stereocenters. The molecule has 2 N–H and O–H groups in total. The van der Waals surface area contributed by atoms with E-state index < -0.39 is 6.09 Å². The normalized spacial score (nSPS) is 13.5. The number of fused-ring (bicyclic) bond motifs is 1. The second-order valence-corrected chi connectivity index (χ2v) is 8.39. The minimum absolute atomic E-state index is 0.251. The minimum Gasteiger partial charge on any atom is -0.481 e. The van der Waals surface area contributed by atoms with Gasteiger partial charge in [0.1, 0.15) is 5.39 Å². The van der Waals surface area contributed by atoms with Gasteiger partial charge >= 0.3 is 6.09 Å². The predicted octanol–water partition coefficient (Wildman–Crippen LogP) is 2.72. The lowest BCUT2D eigenvalue weighted by Crippen LogP contribution is -2.48. The van der Waals surface area contributed by atoms with E-state index >= 15 is 0 Å². The number of anilines is 3. The van der Waals surface area contributed by atoms with Crippen molar-refractivity contribution in [3.63, 3.8) is 0 Å². The van der Waals surface area contributed by atoms with E-state index in [1.807, 2.05) is 24.3 Å². The van der Waals surface area contributed by atoms with Crippen LogP contribution in [-0.4, -0.2) is 73.7 Å². The number of benzene rings is 1. The van der Waals surface area contributed by atoms with Gasteiger partial charge in [-0.2, -0.15) is 9.97 Å². The summed E-state index contributed by atoms with van der Waals surface area (Å²) in [6.07, 6.45) is 2.25. The summed E-state index contributed by atoms with van der Waals surface area (Å²) in [5.41, 5.74) is 1.93. The number of nitrogens with zero attached hydrogens (tertiary/aromatic N) is 7. The third-order valence-electron chi connectivity index (χ3n) is 6.15. The highest BCUT2D eigenvalue weighted by Gasteiger charge is 2.21. The van der Waals surface area contributed by atoms with Crippen LogP contribution in [0, 0.1) is 0 Å². The van der Waals surface area contributed by atoms with Crippen LogP contribution in [0.4, 0.5) is 22.1 Å². The molecule has 1 fully saturated rings. The molecule has 4 aromatic rings. The van der Waals surface area contributed by atoms with Gasteiger partial charge in [-0.05, 0) is 30.3 Å². The molecule has 3 aromatic heterocycles. The minimum atomic E-state index is -0.886. The number of hydrogen-bond acceptors (Lipinski definition) is 8. The van der Waals surface area contributed by atoms with Crippen LogP contribution in [0.1, 0.15) is 0 Å². The Bertz CT molecular complexity index is 1500. The molecule has 4 heterocycles. The van der Waals surface area contributed by atoms with Gasteiger partial charge in [0.2, 0.25) is 11.8 Å². The highest BCUT2D eigenvalue weighted by molar-refractivity contribution is 5.77. The average Bonchev–Trinajstić information content (AvgIpc) is 3.20. The zero-order chi connectivity index (χ0) is 25.9. The van der Waals surface area contributed by atoms with Crippen LogP contribution >= 0.6 is 0 Å². The van der Waals surface area contributed by atoms with E-state index in [9.17, 15) is 9.59 Å². The fraction of sp³-hybridized carbons (Fsp3) is 0.240. The largest absolute Gasteiger partial charge is 0.481 e. The highest BCUT2D eigenvalue weighted by atomic mass is 16.5. The van der Waals surface area contributed by atoms with Crippen LogP contribution < -0.4 is 20.5 Å². The Morgan fingerprint density at radius 1 is 1.14 bits per heavy atom. The zero-order valence-corrected chi connectivity index (χ0v) is 20.2. The van der Waals surface area contributed by atoms with Gasteiger partial charge in [0.25, 0.3) is 5.56 Å². The number of aromatic nitrogens is 5. The predicted molar refractivity (Wildman–Crippen MR) is 139 cm³/mol. The first-order valence-corrected chi connectivity index (χ1v) is 11.7. The monoisotopic (exact) mass is 502 g/mol. The lowest BCUT2D eigenvalue weighted by Gasteiger charge is -2.34. The number of piperazine rings is 1. The van der Waals surface area contributed by atoms with Crippen molar-refractivity contribution in [2.24, 2.45) is 0 Å². The molecule has 5 rings (SSSR count). The number of pyridine rings is 1. The van der Waals surface area contributed by atoms with Crippen molar-refractivity contribution in [3.05, 3.63) is 71.7 Å².